The van der Waals surface area contributed by atoms with Gasteiger partial charge in [0.1, 0.15) is 5.76 Å². The van der Waals surface area contributed by atoms with Gasteiger partial charge in [0, 0.05) is 0 Å². The zero-order valence-corrected chi connectivity index (χ0v) is 8.10. The highest BCUT2D eigenvalue weighted by atomic mass is 79.9. The summed E-state index contributed by atoms with van der Waals surface area (Å²) in [6, 6.07) is 3.83. The van der Waals surface area contributed by atoms with E-state index >= 15 is 0 Å². The molecule has 0 radical (unpaired) electrons. The van der Waals surface area contributed by atoms with E-state index in [9.17, 15) is 0 Å². The normalized spacial score (nSPS) is 12.0. The third-order valence-electron chi connectivity index (χ3n) is 1.33. The van der Waals surface area contributed by atoms with Crippen LogP contribution in [0.1, 0.15) is 25.5 Å². The van der Waals surface area contributed by atoms with Crippen molar-refractivity contribution < 1.29 is 4.42 Å². The maximum atomic E-state index is 5.14. The van der Waals surface area contributed by atoms with E-state index in [0.29, 0.717) is 0 Å². The lowest BCUT2D eigenvalue weighted by molar-refractivity contribution is 0.556. The summed E-state index contributed by atoms with van der Waals surface area (Å²) in [6.07, 6.45) is 5.90. The molecule has 0 atom stereocenters. The van der Waals surface area contributed by atoms with Gasteiger partial charge in [0.05, 0.1) is 6.26 Å². The van der Waals surface area contributed by atoms with Crippen LogP contribution in [0.2, 0.25) is 0 Å². The number of hydrogen-bond acceptors (Lipinski definition) is 1. The summed E-state index contributed by atoms with van der Waals surface area (Å²) in [4.78, 5) is 0. The monoisotopic (exact) mass is 214 g/mol. The lowest BCUT2D eigenvalue weighted by atomic mass is 10.3. The SMILES string of the molecule is CCC/C(Br)=C\c1ccco1. The van der Waals surface area contributed by atoms with Gasteiger partial charge in [-0.25, -0.2) is 0 Å². The van der Waals surface area contributed by atoms with Crippen LogP contribution in [-0.4, -0.2) is 0 Å². The minimum Gasteiger partial charge on any atom is -0.465 e. The van der Waals surface area contributed by atoms with Crippen molar-refractivity contribution in [3.05, 3.63) is 28.6 Å². The maximum absolute atomic E-state index is 5.14. The maximum Gasteiger partial charge on any atom is 0.127 e. The standard InChI is InChI=1S/C9H11BrO/c1-2-4-8(10)7-9-5-3-6-11-9/h3,5-7H,2,4H2,1H3/b8-7+. The van der Waals surface area contributed by atoms with Crippen LogP contribution < -0.4 is 0 Å². The van der Waals surface area contributed by atoms with Gasteiger partial charge >= 0.3 is 0 Å². The summed E-state index contributed by atoms with van der Waals surface area (Å²) in [5, 5.41) is 0. The van der Waals surface area contributed by atoms with Crippen LogP contribution in [0.4, 0.5) is 0 Å². The Hall–Kier alpha value is -0.500. The molecular weight excluding hydrogens is 204 g/mol. The van der Waals surface area contributed by atoms with Crippen molar-refractivity contribution in [2.24, 2.45) is 0 Å². The third-order valence-corrected chi connectivity index (χ3v) is 1.96. The van der Waals surface area contributed by atoms with Crippen LogP contribution in [0.3, 0.4) is 0 Å². The highest BCUT2D eigenvalue weighted by molar-refractivity contribution is 9.11. The lowest BCUT2D eigenvalue weighted by Crippen LogP contribution is -1.69. The summed E-state index contributed by atoms with van der Waals surface area (Å²) in [6.45, 7) is 2.15. The zero-order chi connectivity index (χ0) is 8.10. The molecule has 60 valence electrons. The number of halogens is 1. The van der Waals surface area contributed by atoms with Crippen molar-refractivity contribution in [2.75, 3.05) is 0 Å². The van der Waals surface area contributed by atoms with Crippen LogP contribution in [0.5, 0.6) is 0 Å². The van der Waals surface area contributed by atoms with Gasteiger partial charge in [0.2, 0.25) is 0 Å². The Bertz CT molecular complexity index is 224. The van der Waals surface area contributed by atoms with Crippen molar-refractivity contribution in [3.8, 4) is 0 Å². The minimum absolute atomic E-state index is 0.908. The van der Waals surface area contributed by atoms with Gasteiger partial charge in [0.25, 0.3) is 0 Å². The van der Waals surface area contributed by atoms with Gasteiger partial charge in [-0.05, 0) is 29.1 Å². The predicted octanol–water partition coefficient (Wildman–Crippen LogP) is 3.82. The Morgan fingerprint density at radius 2 is 2.55 bits per heavy atom. The van der Waals surface area contributed by atoms with Crippen molar-refractivity contribution in [1.82, 2.24) is 0 Å². The number of allylic oxidation sites excluding steroid dienone is 1. The van der Waals surface area contributed by atoms with E-state index in [2.05, 4.69) is 22.9 Å². The molecule has 0 aliphatic rings. The van der Waals surface area contributed by atoms with Crippen molar-refractivity contribution in [3.63, 3.8) is 0 Å². The lowest BCUT2D eigenvalue weighted by Gasteiger charge is -1.92. The second-order valence-corrected chi connectivity index (χ2v) is 3.38. The van der Waals surface area contributed by atoms with Gasteiger partial charge in [-0.2, -0.15) is 0 Å². The average Bonchev–Trinajstić information content (AvgIpc) is 2.40. The van der Waals surface area contributed by atoms with E-state index < -0.39 is 0 Å². The minimum atomic E-state index is 0.908. The number of furan rings is 1. The second-order valence-electron chi connectivity index (χ2n) is 2.36. The Kier molecular flexibility index (Phi) is 3.43. The topological polar surface area (TPSA) is 13.1 Å². The van der Waals surface area contributed by atoms with Crippen molar-refractivity contribution in [1.29, 1.82) is 0 Å². The molecule has 1 aromatic heterocycles. The quantitative estimate of drug-likeness (QED) is 0.746. The molecule has 0 aromatic carbocycles. The molecular formula is C9H11BrO. The molecule has 0 aliphatic heterocycles. The zero-order valence-electron chi connectivity index (χ0n) is 6.51. The van der Waals surface area contributed by atoms with E-state index in [0.717, 1.165) is 18.6 Å². The Balaban J connectivity index is 2.58. The van der Waals surface area contributed by atoms with E-state index in [4.69, 9.17) is 4.42 Å². The summed E-state index contributed by atoms with van der Waals surface area (Å²) in [7, 11) is 0. The molecule has 1 heterocycles. The first-order valence-electron chi connectivity index (χ1n) is 3.72. The van der Waals surface area contributed by atoms with E-state index in [1.54, 1.807) is 6.26 Å². The highest BCUT2D eigenvalue weighted by Gasteiger charge is 1.92. The van der Waals surface area contributed by atoms with Gasteiger partial charge < -0.3 is 4.42 Å². The Labute approximate surface area is 75.2 Å². The van der Waals surface area contributed by atoms with Crippen LogP contribution in [0, 0.1) is 0 Å². The fourth-order valence-corrected chi connectivity index (χ4v) is 1.46. The van der Waals surface area contributed by atoms with Gasteiger partial charge in [-0.3, -0.25) is 0 Å². The Morgan fingerprint density at radius 1 is 1.73 bits per heavy atom. The third kappa shape index (κ3) is 2.93. The molecule has 0 fully saturated rings. The predicted molar refractivity (Wildman–Crippen MR) is 50.5 cm³/mol. The summed E-state index contributed by atoms with van der Waals surface area (Å²) < 4.78 is 6.33. The van der Waals surface area contributed by atoms with Crippen LogP contribution in [-0.2, 0) is 0 Å². The van der Waals surface area contributed by atoms with Crippen molar-refractivity contribution in [2.45, 2.75) is 19.8 Å². The first kappa shape index (κ1) is 8.60. The number of rotatable bonds is 3. The Morgan fingerprint density at radius 3 is 3.09 bits per heavy atom. The molecule has 0 saturated heterocycles. The smallest absolute Gasteiger partial charge is 0.127 e. The molecule has 0 saturated carbocycles. The first-order chi connectivity index (χ1) is 5.33. The molecule has 1 nitrogen and oxygen atoms in total. The molecule has 1 aromatic rings. The average molecular weight is 215 g/mol. The molecule has 0 unspecified atom stereocenters. The number of hydrogen-bond donors (Lipinski definition) is 0. The molecule has 0 bridgehead atoms. The van der Waals surface area contributed by atoms with Crippen LogP contribution in [0.15, 0.2) is 27.3 Å². The van der Waals surface area contributed by atoms with Crippen LogP contribution >= 0.6 is 15.9 Å². The van der Waals surface area contributed by atoms with Gasteiger partial charge in [-0.1, -0.05) is 29.3 Å². The summed E-state index contributed by atoms with van der Waals surface area (Å²) in [5.41, 5.74) is 0. The molecule has 2 heteroatoms. The van der Waals surface area contributed by atoms with Crippen molar-refractivity contribution >= 4 is 22.0 Å². The fraction of sp³-hybridized carbons (Fsp3) is 0.333. The second kappa shape index (κ2) is 4.39. The first-order valence-corrected chi connectivity index (χ1v) is 4.52. The molecule has 0 aliphatic carbocycles. The molecule has 1 rings (SSSR count). The largest absolute Gasteiger partial charge is 0.465 e. The van der Waals surface area contributed by atoms with Gasteiger partial charge in [-0.15, -0.1) is 0 Å². The highest BCUT2D eigenvalue weighted by Crippen LogP contribution is 2.17. The molecule has 0 spiro atoms. The van der Waals surface area contributed by atoms with Gasteiger partial charge in [0.15, 0.2) is 0 Å². The molecule has 0 amide bonds. The van der Waals surface area contributed by atoms with E-state index in [1.807, 2.05) is 18.2 Å². The molecule has 0 N–H and O–H groups in total. The summed E-state index contributed by atoms with van der Waals surface area (Å²) >= 11 is 3.46. The van der Waals surface area contributed by atoms with E-state index in [-0.39, 0.29) is 0 Å². The summed E-state index contributed by atoms with van der Waals surface area (Å²) in [5.74, 6) is 0.908. The molecule has 11 heavy (non-hydrogen) atoms. The van der Waals surface area contributed by atoms with E-state index in [1.165, 1.54) is 4.48 Å². The fourth-order valence-electron chi connectivity index (χ4n) is 0.839. The van der Waals surface area contributed by atoms with Crippen LogP contribution in [0.25, 0.3) is 6.08 Å².